The molecule has 0 radical (unpaired) electrons. The molecule has 6 rings (SSSR count). The highest BCUT2D eigenvalue weighted by molar-refractivity contribution is 6.06. The minimum atomic E-state index is -0.616. The van der Waals surface area contributed by atoms with Crippen LogP contribution in [0.3, 0.4) is 0 Å². The minimum Gasteiger partial charge on any atom is -0.381 e. The van der Waals surface area contributed by atoms with Gasteiger partial charge in [0.1, 0.15) is 5.82 Å². The van der Waals surface area contributed by atoms with Crippen LogP contribution in [0.15, 0.2) is 60.8 Å². The van der Waals surface area contributed by atoms with Crippen molar-refractivity contribution >= 4 is 23.3 Å². The third-order valence-corrected chi connectivity index (χ3v) is 8.25. The Morgan fingerprint density at radius 3 is 2.79 bits per heavy atom. The van der Waals surface area contributed by atoms with Crippen LogP contribution in [0.2, 0.25) is 0 Å². The Balaban J connectivity index is 1.16. The second kappa shape index (κ2) is 10.9. The number of anilines is 2. The number of pyridine rings is 1. The first-order valence-corrected chi connectivity index (χ1v) is 13.7. The van der Waals surface area contributed by atoms with E-state index in [0.29, 0.717) is 37.7 Å². The number of hydrogen-bond acceptors (Lipinski definition) is 6. The number of benzene rings is 2. The number of amides is 2. The Morgan fingerprint density at radius 1 is 1.13 bits per heavy atom. The Morgan fingerprint density at radius 2 is 1.97 bits per heavy atom. The van der Waals surface area contributed by atoms with Gasteiger partial charge in [0.15, 0.2) is 0 Å². The van der Waals surface area contributed by atoms with E-state index in [1.807, 2.05) is 37.4 Å². The van der Waals surface area contributed by atoms with Gasteiger partial charge in [0, 0.05) is 43.7 Å². The van der Waals surface area contributed by atoms with Gasteiger partial charge in [0.2, 0.25) is 11.8 Å². The molecule has 8 heteroatoms. The van der Waals surface area contributed by atoms with E-state index >= 15 is 0 Å². The number of nitrogens with zero attached hydrogens (tertiary/aromatic N) is 2. The van der Waals surface area contributed by atoms with Gasteiger partial charge in [-0.25, -0.2) is 4.98 Å². The largest absolute Gasteiger partial charge is 0.381 e. The van der Waals surface area contributed by atoms with Gasteiger partial charge in [-0.1, -0.05) is 36.4 Å². The SMILES string of the molecule is CNCc1ccccc1CN(CC(=O)Nc1ccc2c(c1)CC1(C2)C(=O)Nc2ncccc21)CC1CCOC1. The fourth-order valence-corrected chi connectivity index (χ4v) is 6.34. The maximum Gasteiger partial charge on any atom is 0.238 e. The van der Waals surface area contributed by atoms with Crippen LogP contribution in [-0.2, 0) is 45.7 Å². The van der Waals surface area contributed by atoms with E-state index < -0.39 is 5.41 Å². The van der Waals surface area contributed by atoms with E-state index in [1.54, 1.807) is 6.20 Å². The zero-order valence-corrected chi connectivity index (χ0v) is 22.3. The summed E-state index contributed by atoms with van der Waals surface area (Å²) in [7, 11) is 1.95. The fourth-order valence-electron chi connectivity index (χ4n) is 6.34. The average molecular weight is 526 g/mol. The van der Waals surface area contributed by atoms with E-state index in [4.69, 9.17) is 4.74 Å². The summed E-state index contributed by atoms with van der Waals surface area (Å²) in [6, 6.07) is 18.3. The van der Waals surface area contributed by atoms with Crippen molar-refractivity contribution in [1.82, 2.24) is 15.2 Å². The van der Waals surface area contributed by atoms with Crippen molar-refractivity contribution < 1.29 is 14.3 Å². The van der Waals surface area contributed by atoms with Gasteiger partial charge in [-0.3, -0.25) is 14.5 Å². The minimum absolute atomic E-state index is 0.00285. The lowest BCUT2D eigenvalue weighted by Gasteiger charge is -2.25. The number of aromatic nitrogens is 1. The van der Waals surface area contributed by atoms with E-state index in [9.17, 15) is 9.59 Å². The first kappa shape index (κ1) is 25.7. The second-order valence-electron chi connectivity index (χ2n) is 11.0. The van der Waals surface area contributed by atoms with E-state index in [-0.39, 0.29) is 11.8 Å². The van der Waals surface area contributed by atoms with Gasteiger partial charge in [-0.15, -0.1) is 0 Å². The van der Waals surface area contributed by atoms with Gasteiger partial charge in [0.25, 0.3) is 0 Å². The molecule has 2 amide bonds. The van der Waals surface area contributed by atoms with Crippen molar-refractivity contribution in [1.29, 1.82) is 0 Å². The summed E-state index contributed by atoms with van der Waals surface area (Å²) in [5, 5.41) is 9.33. The smallest absolute Gasteiger partial charge is 0.238 e. The molecule has 2 aliphatic heterocycles. The molecule has 8 nitrogen and oxygen atoms in total. The van der Waals surface area contributed by atoms with Gasteiger partial charge >= 0.3 is 0 Å². The molecule has 2 aromatic carbocycles. The molecular weight excluding hydrogens is 490 g/mol. The number of hydrogen-bond donors (Lipinski definition) is 3. The van der Waals surface area contributed by atoms with Crippen molar-refractivity contribution in [3.8, 4) is 0 Å². The Bertz CT molecular complexity index is 1390. The highest BCUT2D eigenvalue weighted by Crippen LogP contribution is 2.46. The average Bonchev–Trinajstić information content (AvgIpc) is 3.64. The normalized spacial score (nSPS) is 21.3. The molecule has 3 aromatic rings. The van der Waals surface area contributed by atoms with Gasteiger partial charge in [0.05, 0.1) is 18.6 Å². The number of nitrogens with one attached hydrogen (secondary N) is 3. The lowest BCUT2D eigenvalue weighted by atomic mass is 9.79. The molecule has 39 heavy (non-hydrogen) atoms. The molecule has 3 heterocycles. The molecule has 1 aliphatic carbocycles. The Kier molecular flexibility index (Phi) is 7.16. The van der Waals surface area contributed by atoms with E-state index in [1.165, 1.54) is 11.1 Å². The summed E-state index contributed by atoms with van der Waals surface area (Å²) in [5.41, 5.74) is 5.82. The van der Waals surface area contributed by atoms with Crippen LogP contribution in [0.4, 0.5) is 11.5 Å². The predicted octanol–water partition coefficient (Wildman–Crippen LogP) is 3.27. The third kappa shape index (κ3) is 5.20. The van der Waals surface area contributed by atoms with Crippen molar-refractivity contribution in [2.24, 2.45) is 5.92 Å². The van der Waals surface area contributed by atoms with Crippen molar-refractivity contribution in [3.63, 3.8) is 0 Å². The summed E-state index contributed by atoms with van der Waals surface area (Å²) in [5.74, 6) is 1.05. The summed E-state index contributed by atoms with van der Waals surface area (Å²) < 4.78 is 5.61. The molecule has 1 fully saturated rings. The Labute approximate surface area is 229 Å². The summed E-state index contributed by atoms with van der Waals surface area (Å²) in [6.07, 6.45) is 3.97. The topological polar surface area (TPSA) is 95.6 Å². The van der Waals surface area contributed by atoms with Crippen LogP contribution in [0, 0.1) is 5.92 Å². The first-order chi connectivity index (χ1) is 19.0. The molecule has 1 spiro atoms. The molecule has 3 aliphatic rings. The second-order valence-corrected chi connectivity index (χ2v) is 11.0. The van der Waals surface area contributed by atoms with Crippen molar-refractivity contribution in [2.45, 2.75) is 37.8 Å². The standard InChI is InChI=1S/C31H35N5O3/c1-32-16-23-5-2-3-6-24(23)18-36(17-21-10-12-39-20-21)19-28(37)34-26-9-8-22-14-31(15-25(22)13-26)27-7-4-11-33-29(27)35-30(31)38/h2-9,11,13,21,32H,10,12,14-20H2,1H3,(H,34,37)(H,33,35,38). The molecule has 0 bridgehead atoms. The maximum absolute atomic E-state index is 13.3. The molecule has 3 N–H and O–H groups in total. The number of fused-ring (bicyclic) bond motifs is 3. The Hall–Kier alpha value is -3.59. The van der Waals surface area contributed by atoms with Crippen molar-refractivity contribution in [2.75, 3.05) is 44.0 Å². The van der Waals surface area contributed by atoms with Gasteiger partial charge in [-0.2, -0.15) is 0 Å². The van der Waals surface area contributed by atoms with E-state index in [0.717, 1.165) is 55.1 Å². The van der Waals surface area contributed by atoms with Crippen LogP contribution >= 0.6 is 0 Å². The van der Waals surface area contributed by atoms with Gasteiger partial charge < -0.3 is 20.7 Å². The number of ether oxygens (including phenoxy) is 1. The van der Waals surface area contributed by atoms with Crippen LogP contribution in [0.25, 0.3) is 0 Å². The number of rotatable bonds is 9. The summed E-state index contributed by atoms with van der Waals surface area (Å²) >= 11 is 0. The monoisotopic (exact) mass is 525 g/mol. The van der Waals surface area contributed by atoms with Crippen LogP contribution < -0.4 is 16.0 Å². The number of carbonyl (C=O) groups excluding carboxylic acids is 2. The van der Waals surface area contributed by atoms with Crippen LogP contribution in [0.5, 0.6) is 0 Å². The number of carbonyl (C=O) groups is 2. The molecule has 2 atom stereocenters. The van der Waals surface area contributed by atoms with E-state index in [2.05, 4.69) is 50.1 Å². The first-order valence-electron chi connectivity index (χ1n) is 13.7. The zero-order valence-electron chi connectivity index (χ0n) is 22.3. The molecule has 0 saturated carbocycles. The van der Waals surface area contributed by atoms with Crippen molar-refractivity contribution in [3.05, 3.63) is 88.6 Å². The quantitative estimate of drug-likeness (QED) is 0.397. The summed E-state index contributed by atoms with van der Waals surface area (Å²) in [6.45, 7) is 4.14. The molecule has 1 saturated heterocycles. The van der Waals surface area contributed by atoms with Crippen LogP contribution in [-0.4, -0.2) is 55.0 Å². The highest BCUT2D eigenvalue weighted by Gasteiger charge is 2.51. The zero-order chi connectivity index (χ0) is 26.8. The highest BCUT2D eigenvalue weighted by atomic mass is 16.5. The third-order valence-electron chi connectivity index (χ3n) is 8.25. The van der Waals surface area contributed by atoms with Gasteiger partial charge in [-0.05, 0) is 72.7 Å². The molecule has 2 unspecified atom stereocenters. The molecule has 202 valence electrons. The lowest BCUT2D eigenvalue weighted by Crippen LogP contribution is -2.36. The predicted molar refractivity (Wildman–Crippen MR) is 150 cm³/mol. The fraction of sp³-hybridized carbons (Fsp3) is 0.387. The summed E-state index contributed by atoms with van der Waals surface area (Å²) in [4.78, 5) is 32.9. The lowest BCUT2D eigenvalue weighted by molar-refractivity contribution is -0.120. The maximum atomic E-state index is 13.3. The molecular formula is C31H35N5O3. The van der Waals surface area contributed by atoms with Crippen LogP contribution in [0.1, 0.15) is 34.2 Å². The molecule has 1 aromatic heterocycles.